The molecule has 3 fully saturated rings. The van der Waals surface area contributed by atoms with E-state index in [0.717, 1.165) is 19.3 Å². The molecule has 1 heterocycles. The Hall–Kier alpha value is -1.66. The number of hydrogen-bond donors (Lipinski definition) is 2. The Morgan fingerprint density at radius 3 is 2.93 bits per heavy atom. The van der Waals surface area contributed by atoms with E-state index in [1.165, 1.54) is 7.11 Å². The van der Waals surface area contributed by atoms with Crippen molar-refractivity contribution in [3.8, 4) is 5.75 Å². The normalized spacial score (nSPS) is 35.5. The SMILES string of the molecule is COc1cccc([C@H]2OCC[C@@]34C[C@@H](C[C@H]23)C(C)(C)[C@H]4NC(=O)CCO)c1F. The minimum Gasteiger partial charge on any atom is -0.494 e. The lowest BCUT2D eigenvalue weighted by atomic mass is 9.58. The average molecular weight is 391 g/mol. The zero-order valence-electron chi connectivity index (χ0n) is 16.8. The number of aliphatic hydroxyl groups is 1. The van der Waals surface area contributed by atoms with Crippen molar-refractivity contribution < 1.29 is 23.8 Å². The first-order chi connectivity index (χ1) is 13.3. The van der Waals surface area contributed by atoms with Crippen LogP contribution < -0.4 is 10.1 Å². The van der Waals surface area contributed by atoms with Crippen LogP contribution >= 0.6 is 0 Å². The lowest BCUT2D eigenvalue weighted by Gasteiger charge is -2.53. The van der Waals surface area contributed by atoms with Crippen molar-refractivity contribution >= 4 is 5.91 Å². The second-order valence-corrected chi connectivity index (χ2v) is 9.18. The summed E-state index contributed by atoms with van der Waals surface area (Å²) >= 11 is 0. The van der Waals surface area contributed by atoms with Crippen molar-refractivity contribution in [2.45, 2.75) is 51.7 Å². The van der Waals surface area contributed by atoms with Gasteiger partial charge in [-0.15, -0.1) is 0 Å². The van der Waals surface area contributed by atoms with E-state index in [4.69, 9.17) is 14.6 Å². The molecule has 2 aliphatic carbocycles. The second-order valence-electron chi connectivity index (χ2n) is 9.18. The number of halogens is 1. The first-order valence-corrected chi connectivity index (χ1v) is 10.2. The molecular formula is C22H30FNO4. The highest BCUT2D eigenvalue weighted by Crippen LogP contribution is 2.70. The molecule has 28 heavy (non-hydrogen) atoms. The lowest BCUT2D eigenvalue weighted by Crippen LogP contribution is -2.59. The molecule has 1 amide bonds. The van der Waals surface area contributed by atoms with Crippen LogP contribution in [0.15, 0.2) is 18.2 Å². The number of nitrogens with one attached hydrogen (secondary N) is 1. The molecule has 0 unspecified atom stereocenters. The number of ether oxygens (including phenoxy) is 2. The summed E-state index contributed by atoms with van der Waals surface area (Å²) in [5, 5.41) is 12.4. The summed E-state index contributed by atoms with van der Waals surface area (Å²) in [5.74, 6) is 0.374. The molecule has 0 aromatic heterocycles. The molecule has 1 aliphatic heterocycles. The summed E-state index contributed by atoms with van der Waals surface area (Å²) in [4.78, 5) is 12.3. The standard InChI is InChI=1S/C22H30FNO4/c1-21(2)13-11-15-19(14-5-4-6-16(27-3)18(14)23)28-10-8-22(15,12-13)20(21)24-17(26)7-9-25/h4-6,13,15,19-20,25H,7-12H2,1-3H3,(H,24,26)/t13-,15-,19-,20-,22-/m1/s1. The largest absolute Gasteiger partial charge is 0.494 e. The summed E-state index contributed by atoms with van der Waals surface area (Å²) in [5.41, 5.74) is 0.419. The fourth-order valence-electron chi connectivity index (χ4n) is 6.34. The monoisotopic (exact) mass is 391 g/mol. The minimum absolute atomic E-state index is 0.00266. The van der Waals surface area contributed by atoms with Gasteiger partial charge in [0.05, 0.1) is 19.8 Å². The van der Waals surface area contributed by atoms with Crippen LogP contribution in [0.2, 0.25) is 0 Å². The van der Waals surface area contributed by atoms with Crippen LogP contribution in [-0.4, -0.2) is 37.4 Å². The molecule has 5 atom stereocenters. The molecule has 1 aromatic rings. The summed E-state index contributed by atoms with van der Waals surface area (Å²) in [7, 11) is 1.47. The van der Waals surface area contributed by atoms with Crippen LogP contribution in [0.5, 0.6) is 5.75 Å². The number of carbonyl (C=O) groups excluding carboxylic acids is 1. The summed E-state index contributed by atoms with van der Waals surface area (Å²) in [6.07, 6.45) is 2.65. The third-order valence-corrected chi connectivity index (χ3v) is 7.67. The number of rotatable bonds is 5. The van der Waals surface area contributed by atoms with Gasteiger partial charge in [-0.3, -0.25) is 4.79 Å². The average Bonchev–Trinajstić information content (AvgIpc) is 3.15. The van der Waals surface area contributed by atoms with Gasteiger partial charge in [-0.1, -0.05) is 26.0 Å². The Bertz CT molecular complexity index is 767. The van der Waals surface area contributed by atoms with Gasteiger partial charge in [0.15, 0.2) is 11.6 Å². The van der Waals surface area contributed by atoms with Gasteiger partial charge in [0, 0.05) is 24.6 Å². The lowest BCUT2D eigenvalue weighted by molar-refractivity contribution is -0.138. The predicted molar refractivity (Wildman–Crippen MR) is 102 cm³/mol. The molecule has 154 valence electrons. The van der Waals surface area contributed by atoms with Gasteiger partial charge in [0.25, 0.3) is 0 Å². The van der Waals surface area contributed by atoms with E-state index < -0.39 is 0 Å². The van der Waals surface area contributed by atoms with Crippen LogP contribution in [0.25, 0.3) is 0 Å². The van der Waals surface area contributed by atoms with E-state index in [2.05, 4.69) is 19.2 Å². The number of methoxy groups -OCH3 is 1. The number of hydrogen-bond acceptors (Lipinski definition) is 4. The van der Waals surface area contributed by atoms with Gasteiger partial charge >= 0.3 is 0 Å². The highest BCUT2D eigenvalue weighted by atomic mass is 19.1. The Kier molecular flexibility index (Phi) is 4.91. The van der Waals surface area contributed by atoms with E-state index in [-0.39, 0.29) is 59.4 Å². The molecule has 2 saturated carbocycles. The van der Waals surface area contributed by atoms with Crippen molar-refractivity contribution in [2.75, 3.05) is 20.3 Å². The molecular weight excluding hydrogens is 361 g/mol. The number of benzene rings is 1. The Morgan fingerprint density at radius 1 is 1.43 bits per heavy atom. The third kappa shape index (κ3) is 2.76. The molecule has 1 saturated heterocycles. The molecule has 0 radical (unpaired) electrons. The van der Waals surface area contributed by atoms with E-state index >= 15 is 4.39 Å². The molecule has 3 aliphatic rings. The van der Waals surface area contributed by atoms with Crippen molar-refractivity contribution in [3.63, 3.8) is 0 Å². The van der Waals surface area contributed by atoms with Gasteiger partial charge in [-0.2, -0.15) is 0 Å². The Balaban J connectivity index is 1.69. The van der Waals surface area contributed by atoms with Crippen LogP contribution in [0, 0.1) is 28.5 Å². The number of amides is 1. The van der Waals surface area contributed by atoms with E-state index in [9.17, 15) is 4.79 Å². The first kappa shape index (κ1) is 19.6. The molecule has 1 spiro atoms. The minimum atomic E-state index is -0.352. The van der Waals surface area contributed by atoms with E-state index in [1.54, 1.807) is 18.2 Å². The van der Waals surface area contributed by atoms with Gasteiger partial charge in [0.2, 0.25) is 5.91 Å². The van der Waals surface area contributed by atoms with Gasteiger partial charge in [0.1, 0.15) is 0 Å². The maximum atomic E-state index is 15.0. The quantitative estimate of drug-likeness (QED) is 0.809. The predicted octanol–water partition coefficient (Wildman–Crippen LogP) is 3.22. The Labute approximate surface area is 165 Å². The Morgan fingerprint density at radius 2 is 2.21 bits per heavy atom. The fourth-order valence-corrected chi connectivity index (χ4v) is 6.34. The van der Waals surface area contributed by atoms with E-state index in [1.807, 2.05) is 0 Å². The van der Waals surface area contributed by atoms with Crippen molar-refractivity contribution in [3.05, 3.63) is 29.6 Å². The topological polar surface area (TPSA) is 67.8 Å². The second kappa shape index (κ2) is 6.99. The maximum absolute atomic E-state index is 15.0. The summed E-state index contributed by atoms with van der Waals surface area (Å²) in [6.45, 7) is 4.85. The van der Waals surface area contributed by atoms with Crippen LogP contribution in [-0.2, 0) is 9.53 Å². The number of aliphatic hydroxyl groups excluding tert-OH is 1. The van der Waals surface area contributed by atoms with Crippen LogP contribution in [0.4, 0.5) is 4.39 Å². The molecule has 2 N–H and O–H groups in total. The van der Waals surface area contributed by atoms with Crippen molar-refractivity contribution in [2.24, 2.45) is 22.7 Å². The highest BCUT2D eigenvalue weighted by molar-refractivity contribution is 5.76. The maximum Gasteiger partial charge on any atom is 0.222 e. The summed E-state index contributed by atoms with van der Waals surface area (Å²) in [6, 6.07) is 5.22. The summed E-state index contributed by atoms with van der Waals surface area (Å²) < 4.78 is 26.3. The van der Waals surface area contributed by atoms with Crippen LogP contribution in [0.3, 0.4) is 0 Å². The fraction of sp³-hybridized carbons (Fsp3) is 0.682. The van der Waals surface area contributed by atoms with Gasteiger partial charge < -0.3 is 19.9 Å². The zero-order chi connectivity index (χ0) is 20.1. The third-order valence-electron chi connectivity index (χ3n) is 7.67. The molecule has 6 heteroatoms. The first-order valence-electron chi connectivity index (χ1n) is 10.2. The molecule has 4 rings (SSSR count). The van der Waals surface area contributed by atoms with Crippen LogP contribution in [0.1, 0.15) is 51.2 Å². The highest BCUT2D eigenvalue weighted by Gasteiger charge is 2.68. The molecule has 1 aromatic carbocycles. The van der Waals surface area contributed by atoms with Crippen molar-refractivity contribution in [1.82, 2.24) is 5.32 Å². The van der Waals surface area contributed by atoms with Gasteiger partial charge in [-0.25, -0.2) is 4.39 Å². The number of carbonyl (C=O) groups is 1. The molecule has 5 nitrogen and oxygen atoms in total. The molecule has 2 bridgehead atoms. The van der Waals surface area contributed by atoms with Gasteiger partial charge in [-0.05, 0) is 48.0 Å². The van der Waals surface area contributed by atoms with Crippen molar-refractivity contribution in [1.29, 1.82) is 0 Å². The van der Waals surface area contributed by atoms with E-state index in [0.29, 0.717) is 18.1 Å². The number of fused-ring (bicyclic) bond motifs is 1. The smallest absolute Gasteiger partial charge is 0.222 e. The zero-order valence-corrected chi connectivity index (χ0v) is 16.8.